The number of hydrogen-bond donors (Lipinski definition) is 1. The van der Waals surface area contributed by atoms with Gasteiger partial charge in [-0.15, -0.1) is 0 Å². The van der Waals surface area contributed by atoms with E-state index in [1.807, 2.05) is 0 Å². The molecular weight excluding hydrogens is 294 g/mol. The number of nitrogens with zero attached hydrogens (tertiary/aromatic N) is 2. The van der Waals surface area contributed by atoms with Crippen LogP contribution in [0.25, 0.3) is 0 Å². The second-order valence-corrected chi connectivity index (χ2v) is 6.10. The van der Waals surface area contributed by atoms with Crippen LogP contribution >= 0.6 is 0 Å². The Bertz CT molecular complexity index is 803. The van der Waals surface area contributed by atoms with E-state index in [-0.39, 0.29) is 16.1 Å². The lowest BCUT2D eigenvalue weighted by Gasteiger charge is -2.10. The van der Waals surface area contributed by atoms with Crippen molar-refractivity contribution >= 4 is 21.4 Å². The SMILES string of the molecule is Cc1cc(NS(=O)(=O)c2cccc([N+](=O)[O-])c2C)ccn1. The van der Waals surface area contributed by atoms with E-state index in [9.17, 15) is 18.5 Å². The Balaban J connectivity index is 2.45. The lowest BCUT2D eigenvalue weighted by Crippen LogP contribution is -2.15. The summed E-state index contributed by atoms with van der Waals surface area (Å²) in [5.74, 6) is 0. The summed E-state index contributed by atoms with van der Waals surface area (Å²) >= 11 is 0. The molecule has 0 bridgehead atoms. The Morgan fingerprint density at radius 1 is 1.24 bits per heavy atom. The number of anilines is 1. The Hall–Kier alpha value is -2.48. The molecule has 0 unspecified atom stereocenters. The molecule has 1 aromatic carbocycles. The predicted molar refractivity (Wildman–Crippen MR) is 77.6 cm³/mol. The van der Waals surface area contributed by atoms with Gasteiger partial charge in [-0.25, -0.2) is 8.42 Å². The number of nitro benzene ring substituents is 1. The highest BCUT2D eigenvalue weighted by atomic mass is 32.2. The van der Waals surface area contributed by atoms with Crippen LogP contribution in [0.5, 0.6) is 0 Å². The maximum Gasteiger partial charge on any atom is 0.273 e. The molecule has 2 aromatic rings. The van der Waals surface area contributed by atoms with Gasteiger partial charge in [0.25, 0.3) is 15.7 Å². The first-order valence-electron chi connectivity index (χ1n) is 6.01. The third-order valence-electron chi connectivity index (χ3n) is 2.89. The van der Waals surface area contributed by atoms with E-state index in [2.05, 4.69) is 9.71 Å². The number of hydrogen-bond acceptors (Lipinski definition) is 5. The van der Waals surface area contributed by atoms with Crippen LogP contribution in [0.2, 0.25) is 0 Å². The Morgan fingerprint density at radius 3 is 2.57 bits per heavy atom. The number of aryl methyl sites for hydroxylation is 1. The highest BCUT2D eigenvalue weighted by Gasteiger charge is 2.22. The summed E-state index contributed by atoms with van der Waals surface area (Å²) in [6, 6.07) is 7.03. The molecule has 0 radical (unpaired) electrons. The molecule has 0 aliphatic carbocycles. The second kappa shape index (κ2) is 5.49. The van der Waals surface area contributed by atoms with Crippen LogP contribution in [0.15, 0.2) is 41.4 Å². The van der Waals surface area contributed by atoms with Crippen LogP contribution in [0, 0.1) is 24.0 Å². The highest BCUT2D eigenvalue weighted by molar-refractivity contribution is 7.92. The fraction of sp³-hybridized carbons (Fsp3) is 0.154. The normalized spacial score (nSPS) is 11.1. The van der Waals surface area contributed by atoms with Gasteiger partial charge in [-0.05, 0) is 32.0 Å². The molecule has 110 valence electrons. The summed E-state index contributed by atoms with van der Waals surface area (Å²) in [4.78, 5) is 14.1. The number of benzene rings is 1. The summed E-state index contributed by atoms with van der Waals surface area (Å²) in [6.45, 7) is 3.14. The van der Waals surface area contributed by atoms with E-state index in [0.29, 0.717) is 11.4 Å². The number of aromatic nitrogens is 1. The topological polar surface area (TPSA) is 102 Å². The number of nitrogens with one attached hydrogen (secondary N) is 1. The minimum Gasteiger partial charge on any atom is -0.279 e. The Morgan fingerprint density at radius 2 is 1.95 bits per heavy atom. The monoisotopic (exact) mass is 307 g/mol. The number of pyridine rings is 1. The van der Waals surface area contributed by atoms with Gasteiger partial charge < -0.3 is 0 Å². The van der Waals surface area contributed by atoms with Gasteiger partial charge in [-0.3, -0.25) is 19.8 Å². The molecular formula is C13H13N3O4S. The molecule has 0 atom stereocenters. The molecule has 0 fully saturated rings. The summed E-state index contributed by atoms with van der Waals surface area (Å²) in [6.07, 6.45) is 1.48. The molecule has 0 spiro atoms. The summed E-state index contributed by atoms with van der Waals surface area (Å²) < 4.78 is 27.1. The van der Waals surface area contributed by atoms with Crippen LogP contribution in [0.4, 0.5) is 11.4 Å². The van der Waals surface area contributed by atoms with Crippen LogP contribution in [-0.4, -0.2) is 18.3 Å². The van der Waals surface area contributed by atoms with Gasteiger partial charge in [0.15, 0.2) is 0 Å². The molecule has 7 nitrogen and oxygen atoms in total. The van der Waals surface area contributed by atoms with Gasteiger partial charge in [0.05, 0.1) is 15.5 Å². The summed E-state index contributed by atoms with van der Waals surface area (Å²) in [7, 11) is -3.90. The number of sulfonamides is 1. The number of nitro groups is 1. The fourth-order valence-corrected chi connectivity index (χ4v) is 3.22. The lowest BCUT2D eigenvalue weighted by molar-refractivity contribution is -0.385. The van der Waals surface area contributed by atoms with E-state index in [0.717, 1.165) is 0 Å². The highest BCUT2D eigenvalue weighted by Crippen LogP contribution is 2.26. The molecule has 21 heavy (non-hydrogen) atoms. The van der Waals surface area contributed by atoms with Crippen molar-refractivity contribution in [1.82, 2.24) is 4.98 Å². The smallest absolute Gasteiger partial charge is 0.273 e. The van der Waals surface area contributed by atoms with Gasteiger partial charge in [-0.1, -0.05) is 6.07 Å². The van der Waals surface area contributed by atoms with Crippen molar-refractivity contribution in [2.75, 3.05) is 4.72 Å². The molecule has 1 aromatic heterocycles. The molecule has 8 heteroatoms. The van der Waals surface area contributed by atoms with Gasteiger partial charge in [-0.2, -0.15) is 0 Å². The first-order chi connectivity index (χ1) is 9.81. The van der Waals surface area contributed by atoms with Gasteiger partial charge in [0.2, 0.25) is 0 Å². The fourth-order valence-electron chi connectivity index (χ4n) is 1.91. The standard InChI is InChI=1S/C13H13N3O4S/c1-9-8-11(6-7-14-9)15-21(19,20)13-5-3-4-12(10(13)2)16(17)18/h3-8H,1-2H3,(H,14,15). The van der Waals surface area contributed by atoms with E-state index < -0.39 is 14.9 Å². The average molecular weight is 307 g/mol. The van der Waals surface area contributed by atoms with Crippen molar-refractivity contribution in [3.8, 4) is 0 Å². The molecule has 0 amide bonds. The van der Waals surface area contributed by atoms with Crippen molar-refractivity contribution in [3.63, 3.8) is 0 Å². The zero-order valence-electron chi connectivity index (χ0n) is 11.4. The van der Waals surface area contributed by atoms with E-state index in [4.69, 9.17) is 0 Å². The zero-order valence-corrected chi connectivity index (χ0v) is 12.2. The first kappa shape index (κ1) is 14.9. The van der Waals surface area contributed by atoms with E-state index in [1.54, 1.807) is 13.0 Å². The number of rotatable bonds is 4. The Labute approximate surface area is 121 Å². The van der Waals surface area contributed by atoms with Crippen molar-refractivity contribution in [2.24, 2.45) is 0 Å². The third kappa shape index (κ3) is 3.16. The molecule has 0 aliphatic rings. The van der Waals surface area contributed by atoms with Crippen molar-refractivity contribution in [3.05, 3.63) is 57.9 Å². The average Bonchev–Trinajstić information content (AvgIpc) is 2.37. The quantitative estimate of drug-likeness (QED) is 0.690. The van der Waals surface area contributed by atoms with Crippen LogP contribution < -0.4 is 4.72 Å². The van der Waals surface area contributed by atoms with E-state index >= 15 is 0 Å². The molecule has 1 heterocycles. The molecule has 1 N–H and O–H groups in total. The van der Waals surface area contributed by atoms with Crippen molar-refractivity contribution < 1.29 is 13.3 Å². The van der Waals surface area contributed by atoms with Crippen LogP contribution in [0.1, 0.15) is 11.3 Å². The zero-order chi connectivity index (χ0) is 15.6. The minimum absolute atomic E-state index is 0.0979. The lowest BCUT2D eigenvalue weighted by atomic mass is 10.2. The summed E-state index contributed by atoms with van der Waals surface area (Å²) in [5.41, 5.74) is 0.879. The predicted octanol–water partition coefficient (Wildman–Crippen LogP) is 2.41. The Kier molecular flexibility index (Phi) is 3.90. The first-order valence-corrected chi connectivity index (χ1v) is 7.49. The van der Waals surface area contributed by atoms with Crippen LogP contribution in [0.3, 0.4) is 0 Å². The van der Waals surface area contributed by atoms with Gasteiger partial charge in [0.1, 0.15) is 0 Å². The summed E-state index contributed by atoms with van der Waals surface area (Å²) in [5, 5.41) is 10.9. The second-order valence-electron chi connectivity index (χ2n) is 4.45. The third-order valence-corrected chi connectivity index (χ3v) is 4.42. The van der Waals surface area contributed by atoms with Gasteiger partial charge >= 0.3 is 0 Å². The van der Waals surface area contributed by atoms with Crippen LogP contribution in [-0.2, 0) is 10.0 Å². The molecule has 2 rings (SSSR count). The van der Waals surface area contributed by atoms with E-state index in [1.165, 1.54) is 37.4 Å². The van der Waals surface area contributed by atoms with Crippen molar-refractivity contribution in [2.45, 2.75) is 18.7 Å². The molecule has 0 aliphatic heterocycles. The largest absolute Gasteiger partial charge is 0.279 e. The van der Waals surface area contributed by atoms with Gasteiger partial charge in [0, 0.05) is 23.5 Å². The molecule has 0 saturated carbocycles. The maximum atomic E-state index is 12.4. The molecule has 0 saturated heterocycles. The maximum absolute atomic E-state index is 12.4. The van der Waals surface area contributed by atoms with Crippen molar-refractivity contribution in [1.29, 1.82) is 0 Å². The minimum atomic E-state index is -3.90.